The molecule has 0 bridgehead atoms. The van der Waals surface area contributed by atoms with Gasteiger partial charge in [-0.25, -0.2) is 4.68 Å². The van der Waals surface area contributed by atoms with E-state index in [9.17, 15) is 0 Å². The zero-order valence-corrected chi connectivity index (χ0v) is 9.38. The summed E-state index contributed by atoms with van der Waals surface area (Å²) in [5.74, 6) is 0. The van der Waals surface area contributed by atoms with E-state index < -0.39 is 0 Å². The van der Waals surface area contributed by atoms with E-state index in [0.29, 0.717) is 6.04 Å². The van der Waals surface area contributed by atoms with Crippen molar-refractivity contribution >= 4 is 0 Å². The first-order valence-corrected chi connectivity index (χ1v) is 5.37. The Morgan fingerprint density at radius 2 is 2.19 bits per heavy atom. The minimum atomic E-state index is 0.457. The van der Waals surface area contributed by atoms with E-state index in [1.807, 2.05) is 31.0 Å². The van der Waals surface area contributed by atoms with Crippen molar-refractivity contribution in [3.05, 3.63) is 18.1 Å². The van der Waals surface area contributed by atoms with Crippen LogP contribution in [0.15, 0.2) is 12.4 Å². The molecule has 6 heteroatoms. The van der Waals surface area contributed by atoms with Crippen LogP contribution in [0.3, 0.4) is 0 Å². The Bertz CT molecular complexity index is 507. The van der Waals surface area contributed by atoms with Crippen molar-refractivity contribution in [2.75, 3.05) is 13.1 Å². The molecule has 0 radical (unpaired) electrons. The first-order chi connectivity index (χ1) is 7.74. The third-order valence-corrected chi connectivity index (χ3v) is 2.93. The Balaban J connectivity index is 1.94. The lowest BCUT2D eigenvalue weighted by atomic mass is 10.2. The Morgan fingerprint density at radius 1 is 1.38 bits per heavy atom. The van der Waals surface area contributed by atoms with Gasteiger partial charge in [-0.2, -0.15) is 5.10 Å². The van der Waals surface area contributed by atoms with Crippen molar-refractivity contribution in [1.82, 2.24) is 30.1 Å². The highest BCUT2D eigenvalue weighted by molar-refractivity contribution is 5.59. The lowest BCUT2D eigenvalue weighted by Crippen LogP contribution is -2.43. The van der Waals surface area contributed by atoms with E-state index in [0.717, 1.165) is 30.0 Å². The fraction of sp³-hybridized carbons (Fsp3) is 0.500. The number of nitrogens with one attached hydrogen (secondary N) is 1. The van der Waals surface area contributed by atoms with Crippen molar-refractivity contribution in [3.63, 3.8) is 0 Å². The number of nitrogens with zero attached hydrogens (tertiary/aromatic N) is 5. The van der Waals surface area contributed by atoms with Crippen LogP contribution in [-0.2, 0) is 7.05 Å². The van der Waals surface area contributed by atoms with E-state index in [1.54, 1.807) is 4.68 Å². The Labute approximate surface area is 93.3 Å². The molecule has 2 aromatic rings. The van der Waals surface area contributed by atoms with Gasteiger partial charge in [0.05, 0.1) is 17.9 Å². The van der Waals surface area contributed by atoms with Crippen LogP contribution in [0.4, 0.5) is 0 Å². The van der Waals surface area contributed by atoms with Crippen LogP contribution in [0.2, 0.25) is 0 Å². The molecule has 3 heterocycles. The summed E-state index contributed by atoms with van der Waals surface area (Å²) >= 11 is 0. The summed E-state index contributed by atoms with van der Waals surface area (Å²) in [6.45, 7) is 3.95. The predicted octanol–water partition coefficient (Wildman–Crippen LogP) is 0.131. The number of aryl methyl sites for hydroxylation is 2. The van der Waals surface area contributed by atoms with E-state index in [4.69, 9.17) is 0 Å². The third-order valence-electron chi connectivity index (χ3n) is 2.93. The highest BCUT2D eigenvalue weighted by atomic mass is 15.5. The zero-order valence-electron chi connectivity index (χ0n) is 9.38. The summed E-state index contributed by atoms with van der Waals surface area (Å²) in [6.07, 6.45) is 3.97. The third kappa shape index (κ3) is 1.42. The molecular weight excluding hydrogens is 204 g/mol. The molecule has 1 aliphatic rings. The minimum Gasteiger partial charge on any atom is -0.312 e. The van der Waals surface area contributed by atoms with Crippen molar-refractivity contribution in [2.45, 2.75) is 13.0 Å². The van der Waals surface area contributed by atoms with Crippen LogP contribution in [0.1, 0.15) is 11.7 Å². The molecule has 6 nitrogen and oxygen atoms in total. The standard InChI is InChI=1S/C10H14N6/c1-7-9(5-15(2)13-7)10-6-16(14-12-10)8-3-11-4-8/h5-6,8,11H,3-4H2,1-2H3. The van der Waals surface area contributed by atoms with Gasteiger partial charge in [-0.15, -0.1) is 5.10 Å². The van der Waals surface area contributed by atoms with Gasteiger partial charge in [-0.05, 0) is 6.92 Å². The van der Waals surface area contributed by atoms with Crippen molar-refractivity contribution < 1.29 is 0 Å². The smallest absolute Gasteiger partial charge is 0.116 e. The molecule has 3 rings (SSSR count). The molecule has 16 heavy (non-hydrogen) atoms. The minimum absolute atomic E-state index is 0.457. The van der Waals surface area contributed by atoms with Gasteiger partial charge in [-0.1, -0.05) is 5.21 Å². The molecule has 0 saturated carbocycles. The second-order valence-electron chi connectivity index (χ2n) is 4.20. The monoisotopic (exact) mass is 218 g/mol. The Hall–Kier alpha value is -1.69. The van der Waals surface area contributed by atoms with Gasteiger partial charge in [0.1, 0.15) is 5.69 Å². The van der Waals surface area contributed by atoms with Gasteiger partial charge < -0.3 is 5.32 Å². The summed E-state index contributed by atoms with van der Waals surface area (Å²) in [5, 5.41) is 15.9. The van der Waals surface area contributed by atoms with E-state index in [2.05, 4.69) is 20.7 Å². The molecule has 1 N–H and O–H groups in total. The largest absolute Gasteiger partial charge is 0.312 e. The lowest BCUT2D eigenvalue weighted by Gasteiger charge is -2.26. The normalized spacial score (nSPS) is 16.4. The summed E-state index contributed by atoms with van der Waals surface area (Å²) in [7, 11) is 1.91. The van der Waals surface area contributed by atoms with Gasteiger partial charge in [0, 0.05) is 31.9 Å². The molecular formula is C10H14N6. The van der Waals surface area contributed by atoms with E-state index >= 15 is 0 Å². The number of hydrogen-bond donors (Lipinski definition) is 1. The molecule has 0 atom stereocenters. The molecule has 1 aliphatic heterocycles. The van der Waals surface area contributed by atoms with Crippen LogP contribution < -0.4 is 5.32 Å². The second kappa shape index (κ2) is 3.41. The van der Waals surface area contributed by atoms with Gasteiger partial charge >= 0.3 is 0 Å². The summed E-state index contributed by atoms with van der Waals surface area (Å²) in [5.41, 5.74) is 2.94. The molecule has 0 unspecified atom stereocenters. The first kappa shape index (κ1) is 9.53. The van der Waals surface area contributed by atoms with Gasteiger partial charge in [-0.3, -0.25) is 4.68 Å². The fourth-order valence-corrected chi connectivity index (χ4v) is 1.89. The average molecular weight is 218 g/mol. The molecule has 0 aromatic carbocycles. The molecule has 84 valence electrons. The molecule has 1 saturated heterocycles. The van der Waals surface area contributed by atoms with Gasteiger partial charge in [0.15, 0.2) is 0 Å². The number of rotatable bonds is 2. The van der Waals surface area contributed by atoms with E-state index in [-0.39, 0.29) is 0 Å². The molecule has 2 aromatic heterocycles. The van der Waals surface area contributed by atoms with Crippen molar-refractivity contribution in [3.8, 4) is 11.3 Å². The van der Waals surface area contributed by atoms with Crippen LogP contribution in [0.25, 0.3) is 11.3 Å². The SMILES string of the molecule is Cc1nn(C)cc1-c1cn(C2CNC2)nn1. The average Bonchev–Trinajstić information content (AvgIpc) is 2.70. The maximum Gasteiger partial charge on any atom is 0.116 e. The first-order valence-electron chi connectivity index (χ1n) is 5.37. The summed E-state index contributed by atoms with van der Waals surface area (Å²) < 4.78 is 3.73. The molecule has 0 spiro atoms. The molecule has 0 amide bonds. The highest BCUT2D eigenvalue weighted by Crippen LogP contribution is 2.21. The van der Waals surface area contributed by atoms with Crippen LogP contribution in [0, 0.1) is 6.92 Å². The lowest BCUT2D eigenvalue weighted by molar-refractivity contribution is 0.313. The highest BCUT2D eigenvalue weighted by Gasteiger charge is 2.21. The maximum atomic E-state index is 4.30. The van der Waals surface area contributed by atoms with Crippen molar-refractivity contribution in [1.29, 1.82) is 0 Å². The van der Waals surface area contributed by atoms with Crippen LogP contribution >= 0.6 is 0 Å². The number of hydrogen-bond acceptors (Lipinski definition) is 4. The van der Waals surface area contributed by atoms with Crippen LogP contribution in [-0.4, -0.2) is 37.9 Å². The van der Waals surface area contributed by atoms with E-state index in [1.165, 1.54) is 0 Å². The topological polar surface area (TPSA) is 60.6 Å². The molecule has 0 aliphatic carbocycles. The van der Waals surface area contributed by atoms with Crippen molar-refractivity contribution in [2.24, 2.45) is 7.05 Å². The zero-order chi connectivity index (χ0) is 11.1. The van der Waals surface area contributed by atoms with Gasteiger partial charge in [0.25, 0.3) is 0 Å². The van der Waals surface area contributed by atoms with Crippen LogP contribution in [0.5, 0.6) is 0 Å². The van der Waals surface area contributed by atoms with Gasteiger partial charge in [0.2, 0.25) is 0 Å². The predicted molar refractivity (Wildman–Crippen MR) is 58.9 cm³/mol. The molecule has 1 fully saturated rings. The maximum absolute atomic E-state index is 4.30. The fourth-order valence-electron chi connectivity index (χ4n) is 1.89. The second-order valence-corrected chi connectivity index (χ2v) is 4.20. The summed E-state index contributed by atoms with van der Waals surface area (Å²) in [6, 6.07) is 0.457. The quantitative estimate of drug-likeness (QED) is 0.778. The number of aromatic nitrogens is 5. The Morgan fingerprint density at radius 3 is 2.75 bits per heavy atom. The Kier molecular flexibility index (Phi) is 2.03. The summed E-state index contributed by atoms with van der Waals surface area (Å²) in [4.78, 5) is 0.